The molecule has 0 radical (unpaired) electrons. The fourth-order valence-corrected chi connectivity index (χ4v) is 1.95. The van der Waals surface area contributed by atoms with Gasteiger partial charge in [0.2, 0.25) is 5.95 Å². The molecule has 6 heteroatoms. The Bertz CT molecular complexity index is 667. The summed E-state index contributed by atoms with van der Waals surface area (Å²) in [5.41, 5.74) is 0.885. The van der Waals surface area contributed by atoms with Crippen LogP contribution < -0.4 is 0 Å². The number of nitrogens with zero attached hydrogens (tertiary/aromatic N) is 2. The van der Waals surface area contributed by atoms with Crippen molar-refractivity contribution < 1.29 is 18.8 Å². The van der Waals surface area contributed by atoms with E-state index in [4.69, 9.17) is 4.84 Å². The summed E-state index contributed by atoms with van der Waals surface area (Å²) < 4.78 is 12.9. The van der Waals surface area contributed by atoms with Gasteiger partial charge in [0.25, 0.3) is 11.8 Å². The highest BCUT2D eigenvalue weighted by atomic mass is 19.1. The molecular formula is C14H9FN2O3. The van der Waals surface area contributed by atoms with Crippen molar-refractivity contribution in [1.29, 1.82) is 0 Å². The molecule has 1 aliphatic heterocycles. The van der Waals surface area contributed by atoms with Gasteiger partial charge in [0.1, 0.15) is 6.61 Å². The fraction of sp³-hybridized carbons (Fsp3) is 0.0714. The molecule has 5 nitrogen and oxygen atoms in total. The van der Waals surface area contributed by atoms with E-state index >= 15 is 0 Å². The van der Waals surface area contributed by atoms with Crippen LogP contribution in [0.1, 0.15) is 26.4 Å². The summed E-state index contributed by atoms with van der Waals surface area (Å²) in [5.74, 6) is -1.70. The molecule has 0 bridgehead atoms. The van der Waals surface area contributed by atoms with Crippen LogP contribution in [0.4, 0.5) is 4.39 Å². The van der Waals surface area contributed by atoms with Gasteiger partial charge in [0.15, 0.2) is 0 Å². The number of hydroxylamine groups is 2. The van der Waals surface area contributed by atoms with Crippen LogP contribution in [0.3, 0.4) is 0 Å². The van der Waals surface area contributed by atoms with Crippen LogP contribution in [0.2, 0.25) is 0 Å². The van der Waals surface area contributed by atoms with Gasteiger partial charge >= 0.3 is 0 Å². The van der Waals surface area contributed by atoms with Crippen molar-refractivity contribution in [3.63, 3.8) is 0 Å². The van der Waals surface area contributed by atoms with Crippen LogP contribution in [0.25, 0.3) is 0 Å². The maximum atomic E-state index is 12.9. The van der Waals surface area contributed by atoms with Crippen LogP contribution in [-0.2, 0) is 11.4 Å². The predicted molar refractivity (Wildman–Crippen MR) is 65.9 cm³/mol. The van der Waals surface area contributed by atoms with E-state index in [0.717, 1.165) is 0 Å². The average molecular weight is 272 g/mol. The molecule has 1 aromatic carbocycles. The van der Waals surface area contributed by atoms with Crippen molar-refractivity contribution in [2.75, 3.05) is 0 Å². The molecule has 0 saturated heterocycles. The maximum Gasteiger partial charge on any atom is 0.285 e. The molecule has 0 fully saturated rings. The average Bonchev–Trinajstić information content (AvgIpc) is 2.70. The second-order valence-corrected chi connectivity index (χ2v) is 4.18. The first-order valence-corrected chi connectivity index (χ1v) is 5.89. The Morgan fingerprint density at radius 3 is 2.25 bits per heavy atom. The van der Waals surface area contributed by atoms with Crippen molar-refractivity contribution in [2.45, 2.75) is 6.61 Å². The minimum atomic E-state index is -0.645. The topological polar surface area (TPSA) is 59.5 Å². The number of aromatic nitrogens is 1. The maximum absolute atomic E-state index is 12.9. The first-order valence-electron chi connectivity index (χ1n) is 5.89. The highest BCUT2D eigenvalue weighted by Crippen LogP contribution is 2.23. The SMILES string of the molecule is O=C1c2ccccc2C(=O)N1OCc1cccc(F)n1. The molecule has 0 saturated carbocycles. The Labute approximate surface area is 113 Å². The van der Waals surface area contributed by atoms with Crippen molar-refractivity contribution >= 4 is 11.8 Å². The number of halogens is 1. The third kappa shape index (κ3) is 2.06. The number of hydrogen-bond donors (Lipinski definition) is 0. The van der Waals surface area contributed by atoms with Gasteiger partial charge in [-0.15, -0.1) is 5.06 Å². The first-order chi connectivity index (χ1) is 9.66. The quantitative estimate of drug-likeness (QED) is 0.633. The van der Waals surface area contributed by atoms with E-state index in [1.165, 1.54) is 12.1 Å². The number of fused-ring (bicyclic) bond motifs is 1. The molecule has 1 aromatic heterocycles. The number of carbonyl (C=O) groups is 2. The Balaban J connectivity index is 1.77. The second-order valence-electron chi connectivity index (χ2n) is 4.18. The molecule has 0 aliphatic carbocycles. The summed E-state index contributed by atoms with van der Waals surface area (Å²) in [6, 6.07) is 10.7. The number of amides is 2. The highest BCUT2D eigenvalue weighted by molar-refractivity contribution is 6.20. The number of hydrogen-bond acceptors (Lipinski definition) is 4. The lowest BCUT2D eigenvalue weighted by Crippen LogP contribution is -2.29. The van der Waals surface area contributed by atoms with Gasteiger partial charge in [-0.05, 0) is 24.3 Å². The lowest BCUT2D eigenvalue weighted by molar-refractivity contribution is -0.102. The second kappa shape index (κ2) is 4.82. The van der Waals surface area contributed by atoms with Crippen molar-refractivity contribution in [1.82, 2.24) is 10.0 Å². The summed E-state index contributed by atoms with van der Waals surface area (Å²) in [5, 5.41) is 0.678. The molecule has 0 unspecified atom stereocenters. The molecule has 20 heavy (non-hydrogen) atoms. The zero-order valence-corrected chi connectivity index (χ0v) is 10.2. The predicted octanol–water partition coefficient (Wildman–Crippen LogP) is 1.95. The number of carbonyl (C=O) groups excluding carboxylic acids is 2. The smallest absolute Gasteiger partial charge is 0.266 e. The van der Waals surface area contributed by atoms with E-state index < -0.39 is 17.8 Å². The Kier molecular flexibility index (Phi) is 3.00. The third-order valence-electron chi connectivity index (χ3n) is 2.87. The van der Waals surface area contributed by atoms with Crippen LogP contribution in [0, 0.1) is 5.95 Å². The number of imide groups is 1. The number of pyridine rings is 1. The molecule has 2 heterocycles. The molecule has 1 aliphatic rings. The standard InChI is InChI=1S/C14H9FN2O3/c15-12-7-3-4-9(16-12)8-20-17-13(18)10-5-1-2-6-11(10)14(17)19/h1-7H,8H2. The third-order valence-corrected chi connectivity index (χ3v) is 2.87. The van der Waals surface area contributed by atoms with Gasteiger partial charge in [-0.1, -0.05) is 18.2 Å². The molecule has 0 atom stereocenters. The van der Waals surface area contributed by atoms with Crippen LogP contribution in [0.15, 0.2) is 42.5 Å². The van der Waals surface area contributed by atoms with Crippen molar-refractivity contribution in [2.24, 2.45) is 0 Å². The van der Waals surface area contributed by atoms with Crippen LogP contribution in [0.5, 0.6) is 0 Å². The normalized spacial score (nSPS) is 13.8. The lowest BCUT2D eigenvalue weighted by atomic mass is 10.1. The van der Waals surface area contributed by atoms with E-state index in [1.54, 1.807) is 30.3 Å². The minimum Gasteiger partial charge on any atom is -0.266 e. The number of benzene rings is 1. The van der Waals surface area contributed by atoms with Crippen LogP contribution >= 0.6 is 0 Å². The van der Waals surface area contributed by atoms with E-state index in [0.29, 0.717) is 21.9 Å². The zero-order chi connectivity index (χ0) is 14.1. The lowest BCUT2D eigenvalue weighted by Gasteiger charge is -2.12. The van der Waals surface area contributed by atoms with Crippen LogP contribution in [-0.4, -0.2) is 21.9 Å². The summed E-state index contributed by atoms with van der Waals surface area (Å²) in [6.07, 6.45) is 0. The summed E-state index contributed by atoms with van der Waals surface area (Å²) in [4.78, 5) is 32.7. The van der Waals surface area contributed by atoms with E-state index in [-0.39, 0.29) is 6.61 Å². The zero-order valence-electron chi connectivity index (χ0n) is 10.2. The molecule has 0 N–H and O–H groups in total. The van der Waals surface area contributed by atoms with E-state index in [2.05, 4.69) is 4.98 Å². The number of rotatable bonds is 3. The Hall–Kier alpha value is -2.60. The minimum absolute atomic E-state index is 0.163. The van der Waals surface area contributed by atoms with E-state index in [9.17, 15) is 14.0 Å². The molecular weight excluding hydrogens is 263 g/mol. The van der Waals surface area contributed by atoms with Crippen molar-refractivity contribution in [3.05, 3.63) is 65.2 Å². The van der Waals surface area contributed by atoms with Gasteiger partial charge in [-0.2, -0.15) is 4.39 Å². The van der Waals surface area contributed by atoms with Crippen molar-refractivity contribution in [3.8, 4) is 0 Å². The summed E-state index contributed by atoms with van der Waals surface area (Å²) >= 11 is 0. The van der Waals surface area contributed by atoms with Gasteiger partial charge in [0.05, 0.1) is 16.8 Å². The van der Waals surface area contributed by atoms with Gasteiger partial charge in [-0.3, -0.25) is 14.4 Å². The monoisotopic (exact) mass is 272 g/mol. The molecule has 2 amide bonds. The largest absolute Gasteiger partial charge is 0.285 e. The Morgan fingerprint density at radius 2 is 1.65 bits per heavy atom. The van der Waals surface area contributed by atoms with Gasteiger partial charge in [-0.25, -0.2) is 4.98 Å². The molecule has 3 rings (SSSR count). The first kappa shape index (κ1) is 12.4. The molecule has 2 aromatic rings. The summed E-state index contributed by atoms with van der Waals surface area (Å²) in [6.45, 7) is -0.163. The van der Waals surface area contributed by atoms with Gasteiger partial charge < -0.3 is 0 Å². The highest BCUT2D eigenvalue weighted by Gasteiger charge is 2.36. The fourth-order valence-electron chi connectivity index (χ4n) is 1.95. The molecule has 100 valence electrons. The van der Waals surface area contributed by atoms with Gasteiger partial charge in [0, 0.05) is 0 Å². The summed E-state index contributed by atoms with van der Waals surface area (Å²) in [7, 11) is 0. The molecule has 0 spiro atoms. The Morgan fingerprint density at radius 1 is 1.00 bits per heavy atom. The van der Waals surface area contributed by atoms with E-state index in [1.807, 2.05) is 0 Å².